The van der Waals surface area contributed by atoms with E-state index in [1.807, 2.05) is 114 Å². The molecule has 0 spiro atoms. The Hall–Kier alpha value is -7.33. The number of piperidine rings is 4. The number of benzene rings is 5. The van der Waals surface area contributed by atoms with E-state index in [9.17, 15) is 34.7 Å². The highest BCUT2D eigenvalue weighted by Gasteiger charge is 2.44. The molecule has 0 aromatic heterocycles. The summed E-state index contributed by atoms with van der Waals surface area (Å²) in [4.78, 5) is 50.8. The summed E-state index contributed by atoms with van der Waals surface area (Å²) < 4.78 is 33.3. The molecule has 4 unspecified atom stereocenters. The molecule has 4 saturated heterocycles. The van der Waals surface area contributed by atoms with Gasteiger partial charge in [-0.15, -0.1) is 0 Å². The van der Waals surface area contributed by atoms with Gasteiger partial charge in [0.2, 0.25) is 0 Å². The molecule has 4 amide bonds. The molecule has 4 aliphatic rings. The van der Waals surface area contributed by atoms with Crippen LogP contribution >= 0.6 is 0 Å². The molecule has 20 nitrogen and oxygen atoms in total. The van der Waals surface area contributed by atoms with Gasteiger partial charge < -0.3 is 69.7 Å². The molecule has 484 valence electrons. The number of aliphatic hydroxyl groups is 2. The number of ether oxygens (including phenoxy) is 6. The van der Waals surface area contributed by atoms with E-state index in [2.05, 4.69) is 21.3 Å². The van der Waals surface area contributed by atoms with E-state index >= 15 is 0 Å². The molecular formula is C69H95N7O13. The lowest BCUT2D eigenvalue weighted by molar-refractivity contribution is -0.384. The van der Waals surface area contributed by atoms with Crippen molar-refractivity contribution >= 4 is 23.9 Å². The average molecular weight is 1230 g/mol. The fraction of sp³-hybridized carbons (Fsp3) is 0.522. The van der Waals surface area contributed by atoms with Gasteiger partial charge in [-0.05, 0) is 172 Å². The lowest BCUT2D eigenvalue weighted by Gasteiger charge is -2.43. The molecule has 0 radical (unpaired) electrons. The molecule has 5 aromatic rings. The highest BCUT2D eigenvalue weighted by molar-refractivity contribution is 5.75. The third-order valence-electron chi connectivity index (χ3n) is 16.6. The van der Waals surface area contributed by atoms with Crippen molar-refractivity contribution < 1.29 is 57.9 Å². The number of nitro groups is 1. The Bertz CT molecular complexity index is 2930. The minimum Gasteiger partial charge on any atom is -0.457 e. The Morgan fingerprint density at radius 3 is 1.62 bits per heavy atom. The number of carbonyl (C=O) groups excluding carboxylic acids is 3. The zero-order chi connectivity index (χ0) is 63.5. The number of non-ortho nitro benzene ring substituents is 1. The van der Waals surface area contributed by atoms with Crippen molar-refractivity contribution in [3.05, 3.63) is 155 Å². The average Bonchev–Trinajstić information content (AvgIpc) is 1.28. The quantitative estimate of drug-likeness (QED) is 0.0214. The van der Waals surface area contributed by atoms with Crippen LogP contribution in [0, 0.1) is 22.0 Å². The standard InChI is InChI=1S/C29H41N3O4.C23H31NO3.C17H23N3O6/c1-35-20-8-7-17-29(34,26-15-5-6-16-27(26)36-25-13-3-2-4-14-25)23-11-10-19-32(22-23)28(33)31-24-12-9-18-30-21-24;1-26-17-8-7-15-23(25,19-10-9-16-24-18-19)21-13-5-6-14-22(21)27-20-11-3-2-4-12-20;1-17(2,3)26-16(22)19-10-4-5-12(11-19)18-15(21)25-14-8-6-13(7-9-14)20(23)24/h2-6,13-16,23-24,30,34H,7-12,17-22H2,1H3,(H,31,33);2-6,11-14,19,24-25H,7-10,15-18H2,1H3;6-9,12H,4-5,10-11H2,1-3H3,(H,18,21)/t23-,24?,29?;19-,23?;/m11./s1. The smallest absolute Gasteiger partial charge is 0.412 e. The number of methoxy groups -OCH3 is 2. The number of nitrogens with zero attached hydrogens (tertiary/aromatic N) is 3. The molecule has 0 aliphatic carbocycles. The van der Waals surface area contributed by atoms with Crippen molar-refractivity contribution in [2.75, 3.05) is 79.8 Å². The molecule has 9 rings (SSSR count). The maximum Gasteiger partial charge on any atom is 0.412 e. The topological polar surface area (TPSA) is 245 Å². The Kier molecular flexibility index (Phi) is 27.3. The van der Waals surface area contributed by atoms with Gasteiger partial charge in [0.25, 0.3) is 5.69 Å². The number of urea groups is 1. The second-order valence-electron chi connectivity index (χ2n) is 24.4. The number of carbonyl (C=O) groups is 3. The minimum atomic E-state index is -1.12. The van der Waals surface area contributed by atoms with Crippen molar-refractivity contribution in [1.82, 2.24) is 31.1 Å². The number of para-hydroxylation sites is 4. The van der Waals surface area contributed by atoms with Crippen molar-refractivity contribution in [1.29, 1.82) is 0 Å². The SMILES string of the molecule is CC(C)(C)OC(=O)N1CCCC(NC(=O)Oc2ccc([N+](=O)[O-])cc2)C1.COCCCCC(O)(c1ccccc1Oc1ccccc1)[C@@H]1CCCN(C(=O)NC2CCCNC2)C1.COCCCCC(O)(c1ccccc1Oc1ccccc1)[C@@H]1CCCNC1. The molecule has 6 atom stereocenters. The summed E-state index contributed by atoms with van der Waals surface area (Å²) in [5.74, 6) is 3.20. The van der Waals surface area contributed by atoms with Crippen LogP contribution < -0.4 is 35.5 Å². The first-order valence-electron chi connectivity index (χ1n) is 31.7. The molecule has 5 aromatic carbocycles. The molecule has 4 heterocycles. The minimum absolute atomic E-state index is 0.0241. The number of nitrogens with one attached hydrogen (secondary N) is 4. The van der Waals surface area contributed by atoms with E-state index in [0.29, 0.717) is 57.8 Å². The van der Waals surface area contributed by atoms with Crippen LogP contribution in [0.25, 0.3) is 0 Å². The van der Waals surface area contributed by atoms with Crippen molar-refractivity contribution in [2.24, 2.45) is 11.8 Å². The molecule has 4 aliphatic heterocycles. The van der Waals surface area contributed by atoms with E-state index < -0.39 is 33.9 Å². The predicted molar refractivity (Wildman–Crippen MR) is 343 cm³/mol. The molecule has 0 bridgehead atoms. The lowest BCUT2D eigenvalue weighted by Crippen LogP contribution is -2.54. The summed E-state index contributed by atoms with van der Waals surface area (Å²) in [7, 11) is 3.43. The maximum absolute atomic E-state index is 13.1. The van der Waals surface area contributed by atoms with Gasteiger partial charge in [-0.25, -0.2) is 14.4 Å². The van der Waals surface area contributed by atoms with Crippen LogP contribution in [0.15, 0.2) is 133 Å². The van der Waals surface area contributed by atoms with Gasteiger partial charge in [0.05, 0.1) is 16.1 Å². The normalized spacial score (nSPS) is 19.9. The number of nitro benzene ring substituents is 1. The zero-order valence-corrected chi connectivity index (χ0v) is 52.7. The van der Waals surface area contributed by atoms with Crippen LogP contribution in [0.4, 0.5) is 20.1 Å². The number of hydrogen-bond donors (Lipinski definition) is 6. The van der Waals surface area contributed by atoms with E-state index in [1.54, 1.807) is 39.9 Å². The van der Waals surface area contributed by atoms with E-state index in [4.69, 9.17) is 28.4 Å². The van der Waals surface area contributed by atoms with Crippen molar-refractivity contribution in [2.45, 2.75) is 140 Å². The zero-order valence-electron chi connectivity index (χ0n) is 52.7. The van der Waals surface area contributed by atoms with Gasteiger partial charge in [0.1, 0.15) is 34.3 Å². The van der Waals surface area contributed by atoms with E-state index in [-0.39, 0.29) is 41.4 Å². The highest BCUT2D eigenvalue weighted by atomic mass is 16.6. The van der Waals surface area contributed by atoms with Crippen molar-refractivity contribution in [3.8, 4) is 28.7 Å². The fourth-order valence-corrected chi connectivity index (χ4v) is 12.0. The molecule has 20 heteroatoms. The number of hydrogen-bond acceptors (Lipinski definition) is 15. The van der Waals surface area contributed by atoms with Crippen LogP contribution in [-0.4, -0.2) is 141 Å². The first-order valence-corrected chi connectivity index (χ1v) is 31.7. The fourth-order valence-electron chi connectivity index (χ4n) is 12.0. The summed E-state index contributed by atoms with van der Waals surface area (Å²) >= 11 is 0. The predicted octanol–water partition coefficient (Wildman–Crippen LogP) is 12.2. The molecule has 89 heavy (non-hydrogen) atoms. The number of rotatable bonds is 22. The number of unbranched alkanes of at least 4 members (excludes halogenated alkanes) is 2. The second kappa shape index (κ2) is 35.2. The van der Waals surface area contributed by atoms with Crippen LogP contribution in [-0.2, 0) is 25.4 Å². The van der Waals surface area contributed by atoms with Crippen LogP contribution in [0.1, 0.15) is 122 Å². The molecular weight excluding hydrogens is 1130 g/mol. The van der Waals surface area contributed by atoms with Crippen LogP contribution in [0.2, 0.25) is 0 Å². The van der Waals surface area contributed by atoms with Gasteiger partial charge >= 0.3 is 18.2 Å². The van der Waals surface area contributed by atoms with Gasteiger partial charge in [-0.2, -0.15) is 0 Å². The van der Waals surface area contributed by atoms with Gasteiger partial charge in [-0.1, -0.05) is 72.8 Å². The van der Waals surface area contributed by atoms with E-state index in [0.717, 1.165) is 132 Å². The Morgan fingerprint density at radius 1 is 0.584 bits per heavy atom. The highest BCUT2D eigenvalue weighted by Crippen LogP contribution is 2.46. The number of amides is 4. The first-order chi connectivity index (χ1) is 43.0. The summed E-state index contributed by atoms with van der Waals surface area (Å²) in [6.45, 7) is 12.6. The second-order valence-corrected chi connectivity index (χ2v) is 24.4. The largest absolute Gasteiger partial charge is 0.457 e. The summed E-state index contributed by atoms with van der Waals surface area (Å²) in [6.07, 6.45) is 11.1. The Labute approximate surface area is 525 Å². The summed E-state index contributed by atoms with van der Waals surface area (Å²) in [5.41, 5.74) is -1.02. The van der Waals surface area contributed by atoms with Crippen molar-refractivity contribution in [3.63, 3.8) is 0 Å². The lowest BCUT2D eigenvalue weighted by atomic mass is 9.73. The van der Waals surface area contributed by atoms with Gasteiger partial charge in [0.15, 0.2) is 0 Å². The number of likely N-dealkylation sites (tertiary alicyclic amines) is 2. The summed E-state index contributed by atoms with van der Waals surface area (Å²) in [5, 5.41) is 47.6. The van der Waals surface area contributed by atoms with Gasteiger partial charge in [0, 0.05) is 114 Å². The summed E-state index contributed by atoms with van der Waals surface area (Å²) in [6, 6.07) is 40.3. The Balaban J connectivity index is 0.000000194. The third-order valence-corrected chi connectivity index (χ3v) is 16.6. The molecule has 6 N–H and O–H groups in total. The van der Waals surface area contributed by atoms with Crippen LogP contribution in [0.5, 0.6) is 28.7 Å². The maximum atomic E-state index is 13.1. The Morgan fingerprint density at radius 2 is 1.09 bits per heavy atom. The third kappa shape index (κ3) is 21.7. The monoisotopic (exact) mass is 1230 g/mol. The van der Waals surface area contributed by atoms with E-state index in [1.165, 1.54) is 24.3 Å². The first kappa shape index (κ1) is 69.1. The van der Waals surface area contributed by atoms with Gasteiger partial charge in [-0.3, -0.25) is 10.1 Å². The molecule has 0 saturated carbocycles. The molecule has 4 fully saturated rings. The van der Waals surface area contributed by atoms with Crippen LogP contribution in [0.3, 0.4) is 0 Å².